The fourth-order valence-corrected chi connectivity index (χ4v) is 7.70. The van der Waals surface area contributed by atoms with Crippen LogP contribution in [-0.2, 0) is 19.1 Å². The number of allylic oxidation sites excluding steroid dienone is 1. The molecule has 2 saturated heterocycles. The number of rotatable bonds is 12. The number of carbonyl (C=O) groups is 4. The molecule has 15 heteroatoms. The average molecular weight is 764 g/mol. The topological polar surface area (TPSA) is 177 Å². The second-order valence-electron chi connectivity index (χ2n) is 14.0. The molecule has 56 heavy (non-hydrogen) atoms. The molecule has 2 fully saturated rings. The van der Waals surface area contributed by atoms with Crippen molar-refractivity contribution in [3.8, 4) is 34.3 Å². The number of methoxy groups -OCH3 is 2. The Balaban J connectivity index is 0.999. The summed E-state index contributed by atoms with van der Waals surface area (Å²) in [6.45, 7) is 8.59. The van der Waals surface area contributed by atoms with E-state index in [1.54, 1.807) is 28.1 Å². The summed E-state index contributed by atoms with van der Waals surface area (Å²) >= 11 is 0. The molecular weight excluding hydrogens is 718 g/mol. The number of ether oxygens (including phenoxy) is 4. The van der Waals surface area contributed by atoms with E-state index in [0.29, 0.717) is 54.8 Å². The fourth-order valence-electron chi connectivity index (χ4n) is 7.70. The van der Waals surface area contributed by atoms with Crippen LogP contribution in [-0.4, -0.2) is 94.9 Å². The lowest BCUT2D eigenvalue weighted by molar-refractivity contribution is -0.134. The number of nitrogens with zero attached hydrogens (tertiary/aromatic N) is 4. The maximum atomic E-state index is 13.5. The van der Waals surface area contributed by atoms with E-state index in [4.69, 9.17) is 23.9 Å². The minimum absolute atomic E-state index is 0.170. The molecule has 0 unspecified atom stereocenters. The van der Waals surface area contributed by atoms with Crippen molar-refractivity contribution in [2.75, 3.05) is 27.3 Å². The number of H-pyrrole nitrogens is 1. The fraction of sp³-hybridized carbons (Fsp3) is 0.366. The SMILES string of the molecule is C=CC[C@H](NC(=O)OC)C(=O)N1CCC[C@H]1C1=NC=C(c2ccc3c(c2)Oc2ccc(-c4cnc([C@@H]5CCCN5C(=O)[C@H](CC=C)NC(=O)OC)[nH]4)cc2O3)C1. The third-order valence-corrected chi connectivity index (χ3v) is 10.5. The van der Waals surface area contributed by atoms with E-state index >= 15 is 0 Å². The quantitative estimate of drug-likeness (QED) is 0.138. The first-order valence-electron chi connectivity index (χ1n) is 18.7. The van der Waals surface area contributed by atoms with Crippen LogP contribution in [0.3, 0.4) is 0 Å². The molecule has 0 bridgehead atoms. The molecule has 5 heterocycles. The minimum Gasteiger partial charge on any atom is -0.453 e. The lowest BCUT2D eigenvalue weighted by Gasteiger charge is -2.29. The van der Waals surface area contributed by atoms with E-state index in [9.17, 15) is 19.2 Å². The first-order valence-corrected chi connectivity index (χ1v) is 18.7. The highest BCUT2D eigenvalue weighted by atomic mass is 16.6. The van der Waals surface area contributed by atoms with Gasteiger partial charge in [-0.25, -0.2) is 14.6 Å². The number of hydrogen-bond acceptors (Lipinski definition) is 10. The van der Waals surface area contributed by atoms with E-state index in [1.807, 2.05) is 42.6 Å². The number of amides is 4. The summed E-state index contributed by atoms with van der Waals surface area (Å²) in [5.74, 6) is 2.50. The van der Waals surface area contributed by atoms with Crippen molar-refractivity contribution in [2.45, 2.75) is 69.1 Å². The van der Waals surface area contributed by atoms with Crippen molar-refractivity contribution in [1.82, 2.24) is 30.4 Å². The third-order valence-electron chi connectivity index (χ3n) is 10.5. The molecule has 0 radical (unpaired) electrons. The number of alkyl carbamates (subject to hydrolysis) is 2. The van der Waals surface area contributed by atoms with Gasteiger partial charge in [-0.15, -0.1) is 13.2 Å². The lowest BCUT2D eigenvalue weighted by Crippen LogP contribution is -2.51. The van der Waals surface area contributed by atoms with Gasteiger partial charge in [0, 0.05) is 37.0 Å². The zero-order valence-corrected chi connectivity index (χ0v) is 31.4. The molecule has 0 aliphatic carbocycles. The highest BCUT2D eigenvalue weighted by Gasteiger charge is 2.38. The molecule has 0 spiro atoms. The van der Waals surface area contributed by atoms with E-state index in [1.165, 1.54) is 14.2 Å². The second kappa shape index (κ2) is 16.6. The molecule has 1 aromatic heterocycles. The van der Waals surface area contributed by atoms with Gasteiger partial charge in [0.05, 0.1) is 38.2 Å². The van der Waals surface area contributed by atoms with E-state index in [0.717, 1.165) is 53.8 Å². The summed E-state index contributed by atoms with van der Waals surface area (Å²) in [7, 11) is 2.53. The zero-order valence-electron chi connectivity index (χ0n) is 31.4. The Morgan fingerprint density at radius 2 is 1.39 bits per heavy atom. The van der Waals surface area contributed by atoms with Gasteiger partial charge in [0.15, 0.2) is 23.0 Å². The third kappa shape index (κ3) is 7.74. The highest BCUT2D eigenvalue weighted by molar-refractivity contribution is 6.04. The number of likely N-dealkylation sites (tertiary alicyclic amines) is 2. The number of carbonyl (C=O) groups excluding carboxylic acids is 4. The molecule has 3 aromatic rings. The summed E-state index contributed by atoms with van der Waals surface area (Å²) in [6.07, 6.45) is 9.74. The Morgan fingerprint density at radius 3 is 1.98 bits per heavy atom. The van der Waals surface area contributed by atoms with Gasteiger partial charge in [-0.05, 0) is 80.0 Å². The number of aromatic nitrogens is 2. The van der Waals surface area contributed by atoms with E-state index in [2.05, 4.69) is 33.8 Å². The molecular formula is C41H45N7O8. The van der Waals surface area contributed by atoms with Crippen molar-refractivity contribution in [1.29, 1.82) is 0 Å². The van der Waals surface area contributed by atoms with Crippen molar-refractivity contribution in [2.24, 2.45) is 4.99 Å². The smallest absolute Gasteiger partial charge is 0.407 e. The van der Waals surface area contributed by atoms with Crippen molar-refractivity contribution < 1.29 is 38.1 Å². The lowest BCUT2D eigenvalue weighted by atomic mass is 9.98. The summed E-state index contributed by atoms with van der Waals surface area (Å²) < 4.78 is 22.1. The molecule has 4 aliphatic heterocycles. The number of aliphatic imine (C=N–C) groups is 1. The molecule has 4 amide bonds. The van der Waals surface area contributed by atoms with E-state index < -0.39 is 24.3 Å². The molecule has 4 atom stereocenters. The molecule has 3 N–H and O–H groups in total. The molecule has 292 valence electrons. The van der Waals surface area contributed by atoms with Crippen LogP contribution in [0.4, 0.5) is 9.59 Å². The predicted octanol–water partition coefficient (Wildman–Crippen LogP) is 6.42. The van der Waals surface area contributed by atoms with Gasteiger partial charge in [0.25, 0.3) is 0 Å². The average Bonchev–Trinajstić information content (AvgIpc) is 4.05. The van der Waals surface area contributed by atoms with Gasteiger partial charge in [-0.1, -0.05) is 18.2 Å². The largest absolute Gasteiger partial charge is 0.453 e. The number of hydrogen-bond donors (Lipinski definition) is 3. The van der Waals surface area contributed by atoms with Crippen LogP contribution in [0.2, 0.25) is 0 Å². The van der Waals surface area contributed by atoms with Crippen molar-refractivity contribution >= 4 is 35.3 Å². The predicted molar refractivity (Wildman–Crippen MR) is 207 cm³/mol. The van der Waals surface area contributed by atoms with Gasteiger partial charge in [0.1, 0.15) is 17.9 Å². The van der Waals surface area contributed by atoms with Crippen LogP contribution in [0, 0.1) is 0 Å². The summed E-state index contributed by atoms with van der Waals surface area (Å²) in [6, 6.07) is 9.44. The van der Waals surface area contributed by atoms with Crippen LogP contribution in [0.1, 0.15) is 62.4 Å². The van der Waals surface area contributed by atoms with Gasteiger partial charge in [-0.2, -0.15) is 0 Å². The zero-order chi connectivity index (χ0) is 39.3. The first-order chi connectivity index (χ1) is 27.2. The Hall–Kier alpha value is -6.38. The molecule has 15 nitrogen and oxygen atoms in total. The molecule has 7 rings (SSSR count). The summed E-state index contributed by atoms with van der Waals surface area (Å²) in [4.78, 5) is 67.1. The summed E-state index contributed by atoms with van der Waals surface area (Å²) in [5, 5.41) is 5.25. The Morgan fingerprint density at radius 1 is 0.839 bits per heavy atom. The van der Waals surface area contributed by atoms with Gasteiger partial charge < -0.3 is 44.4 Å². The minimum atomic E-state index is -0.785. The van der Waals surface area contributed by atoms with Crippen LogP contribution < -0.4 is 20.1 Å². The number of nitrogens with one attached hydrogen (secondary N) is 3. The standard InChI is InChI=1S/C41H45N7O8/c1-5-9-27(45-40(51)53-3)38(49)47-17-7-11-31(47)29-19-26(22-42-29)24-13-15-33-35(20-24)55-34-16-14-25(21-36(34)56-33)30-23-43-37(44-30)32-12-8-18-48(32)39(50)28(10-6-2)46-41(52)54-4/h5-6,13-16,20-23,27-28,31-32H,1-2,7-12,17-19H2,3-4H3,(H,43,44)(H,45,51)(H,46,52)/t27-,28-,31-,32-/m0/s1. The van der Waals surface area contributed by atoms with Crippen LogP contribution in [0.5, 0.6) is 23.0 Å². The maximum absolute atomic E-state index is 13.5. The number of fused-ring (bicyclic) bond motifs is 2. The Kier molecular flexibility index (Phi) is 11.2. The number of benzene rings is 2. The van der Waals surface area contributed by atoms with Gasteiger partial charge >= 0.3 is 12.2 Å². The highest BCUT2D eigenvalue weighted by Crippen LogP contribution is 2.48. The number of aromatic amines is 1. The molecule has 2 aromatic carbocycles. The van der Waals surface area contributed by atoms with Crippen LogP contribution in [0.25, 0.3) is 16.8 Å². The van der Waals surface area contributed by atoms with Crippen molar-refractivity contribution in [3.05, 3.63) is 85.5 Å². The monoisotopic (exact) mass is 763 g/mol. The molecule has 4 aliphatic rings. The second-order valence-corrected chi connectivity index (χ2v) is 14.0. The first kappa shape index (κ1) is 37.9. The number of imidazole rings is 1. The van der Waals surface area contributed by atoms with Gasteiger partial charge in [-0.3, -0.25) is 14.6 Å². The summed E-state index contributed by atoms with van der Waals surface area (Å²) in [5.41, 5.74) is 4.41. The van der Waals surface area contributed by atoms with Crippen LogP contribution in [0.15, 0.2) is 79.1 Å². The molecule has 0 saturated carbocycles. The maximum Gasteiger partial charge on any atom is 0.407 e. The Labute approximate surface area is 324 Å². The Bertz CT molecular complexity index is 2110. The normalized spacial score (nSPS) is 19.2. The van der Waals surface area contributed by atoms with Crippen LogP contribution >= 0.6 is 0 Å². The van der Waals surface area contributed by atoms with Gasteiger partial charge in [0.2, 0.25) is 11.8 Å². The van der Waals surface area contributed by atoms with E-state index in [-0.39, 0.29) is 30.3 Å². The van der Waals surface area contributed by atoms with Crippen molar-refractivity contribution in [3.63, 3.8) is 0 Å².